The highest BCUT2D eigenvalue weighted by Crippen LogP contribution is 2.18. The molecule has 0 radical (unpaired) electrons. The van der Waals surface area contributed by atoms with Crippen molar-refractivity contribution >= 4 is 17.5 Å². The lowest BCUT2D eigenvalue weighted by Crippen LogP contribution is -2.52. The molecule has 30 heavy (non-hydrogen) atoms. The van der Waals surface area contributed by atoms with Gasteiger partial charge in [0.05, 0.1) is 0 Å². The van der Waals surface area contributed by atoms with Gasteiger partial charge in [0.15, 0.2) is 0 Å². The van der Waals surface area contributed by atoms with E-state index in [4.69, 9.17) is 0 Å². The van der Waals surface area contributed by atoms with Gasteiger partial charge >= 0.3 is 0 Å². The van der Waals surface area contributed by atoms with Crippen LogP contribution in [0.2, 0.25) is 0 Å². The molecule has 2 amide bonds. The number of hydrogen-bond donors (Lipinski definition) is 1. The third kappa shape index (κ3) is 5.38. The molecule has 1 saturated heterocycles. The van der Waals surface area contributed by atoms with Gasteiger partial charge in [0.2, 0.25) is 5.91 Å². The molecule has 1 aliphatic rings. The third-order valence-corrected chi connectivity index (χ3v) is 5.50. The summed E-state index contributed by atoms with van der Waals surface area (Å²) in [4.78, 5) is 30.0. The van der Waals surface area contributed by atoms with Crippen molar-refractivity contribution in [2.75, 3.05) is 31.1 Å². The lowest BCUT2D eigenvalue weighted by Gasteiger charge is -2.29. The van der Waals surface area contributed by atoms with Gasteiger partial charge in [-0.05, 0) is 55.7 Å². The number of amides is 2. The Morgan fingerprint density at radius 1 is 1.00 bits per heavy atom. The maximum absolute atomic E-state index is 13.3. The predicted octanol–water partition coefficient (Wildman–Crippen LogP) is 3.63. The SMILES string of the molecule is Cc1cccc(C(=O)NC(C(=O)N2CCCN(c3ccc(F)cc3)CC2)C(C)C)c1. The van der Waals surface area contributed by atoms with Crippen LogP contribution in [0.4, 0.5) is 10.1 Å². The van der Waals surface area contributed by atoms with Crippen molar-refractivity contribution in [2.45, 2.75) is 33.2 Å². The summed E-state index contributed by atoms with van der Waals surface area (Å²) in [7, 11) is 0. The molecule has 3 rings (SSSR count). The minimum absolute atomic E-state index is 0.0253. The Bertz CT molecular complexity index is 882. The molecule has 5 nitrogen and oxygen atoms in total. The van der Waals surface area contributed by atoms with Crippen molar-refractivity contribution in [3.63, 3.8) is 0 Å². The topological polar surface area (TPSA) is 52.7 Å². The zero-order valence-electron chi connectivity index (χ0n) is 17.9. The molecule has 6 heteroatoms. The summed E-state index contributed by atoms with van der Waals surface area (Å²) >= 11 is 0. The molecule has 1 N–H and O–H groups in total. The number of carbonyl (C=O) groups excluding carboxylic acids is 2. The number of hydrogen-bond acceptors (Lipinski definition) is 3. The Hall–Kier alpha value is -2.89. The van der Waals surface area contributed by atoms with Crippen molar-refractivity contribution in [2.24, 2.45) is 5.92 Å². The van der Waals surface area contributed by atoms with Crippen LogP contribution in [-0.4, -0.2) is 48.9 Å². The Morgan fingerprint density at radius 2 is 1.73 bits per heavy atom. The van der Waals surface area contributed by atoms with Crippen LogP contribution < -0.4 is 10.2 Å². The Balaban J connectivity index is 1.66. The van der Waals surface area contributed by atoms with Crippen molar-refractivity contribution in [3.8, 4) is 0 Å². The van der Waals surface area contributed by atoms with E-state index < -0.39 is 6.04 Å². The number of aryl methyl sites for hydroxylation is 1. The molecule has 0 saturated carbocycles. The van der Waals surface area contributed by atoms with E-state index in [-0.39, 0.29) is 23.5 Å². The van der Waals surface area contributed by atoms with Crippen molar-refractivity contribution < 1.29 is 14.0 Å². The van der Waals surface area contributed by atoms with E-state index in [1.807, 2.05) is 43.9 Å². The highest BCUT2D eigenvalue weighted by molar-refractivity contribution is 5.97. The van der Waals surface area contributed by atoms with Crippen molar-refractivity contribution in [3.05, 3.63) is 65.5 Å². The minimum atomic E-state index is -0.574. The van der Waals surface area contributed by atoms with Crippen LogP contribution in [0.15, 0.2) is 48.5 Å². The van der Waals surface area contributed by atoms with E-state index in [0.717, 1.165) is 24.2 Å². The highest BCUT2D eigenvalue weighted by atomic mass is 19.1. The van der Waals surface area contributed by atoms with Crippen LogP contribution in [-0.2, 0) is 4.79 Å². The van der Waals surface area contributed by atoms with Crippen molar-refractivity contribution in [1.82, 2.24) is 10.2 Å². The van der Waals surface area contributed by atoms with Crippen LogP contribution in [0.25, 0.3) is 0 Å². The summed E-state index contributed by atoms with van der Waals surface area (Å²) in [5.74, 6) is -0.558. The number of anilines is 1. The molecule has 1 aliphatic heterocycles. The highest BCUT2D eigenvalue weighted by Gasteiger charge is 2.30. The minimum Gasteiger partial charge on any atom is -0.370 e. The van der Waals surface area contributed by atoms with E-state index >= 15 is 0 Å². The number of benzene rings is 2. The first-order valence-corrected chi connectivity index (χ1v) is 10.5. The summed E-state index contributed by atoms with van der Waals surface area (Å²) in [5.41, 5.74) is 2.52. The molecule has 2 aromatic rings. The van der Waals surface area contributed by atoms with Gasteiger partial charge in [-0.25, -0.2) is 4.39 Å². The smallest absolute Gasteiger partial charge is 0.251 e. The molecule has 2 aromatic carbocycles. The average Bonchev–Trinajstić information content (AvgIpc) is 2.98. The molecule has 160 valence electrons. The lowest BCUT2D eigenvalue weighted by molar-refractivity contribution is -0.134. The number of nitrogens with zero attached hydrogens (tertiary/aromatic N) is 2. The summed E-state index contributed by atoms with van der Waals surface area (Å²) in [6, 6.07) is 13.2. The van der Waals surface area contributed by atoms with Gasteiger partial charge in [-0.3, -0.25) is 9.59 Å². The number of carbonyl (C=O) groups is 2. The lowest BCUT2D eigenvalue weighted by atomic mass is 10.0. The van der Waals surface area contributed by atoms with E-state index in [1.54, 1.807) is 18.2 Å². The maximum Gasteiger partial charge on any atom is 0.251 e. The van der Waals surface area contributed by atoms with Crippen LogP contribution in [0, 0.1) is 18.7 Å². The van der Waals surface area contributed by atoms with E-state index in [9.17, 15) is 14.0 Å². The molecular weight excluding hydrogens is 381 g/mol. The monoisotopic (exact) mass is 411 g/mol. The normalized spacial score (nSPS) is 15.6. The van der Waals surface area contributed by atoms with Gasteiger partial charge in [-0.15, -0.1) is 0 Å². The number of rotatable bonds is 5. The second-order valence-corrected chi connectivity index (χ2v) is 8.21. The fourth-order valence-corrected chi connectivity index (χ4v) is 3.77. The first kappa shape index (κ1) is 21.8. The summed E-state index contributed by atoms with van der Waals surface area (Å²) in [6.07, 6.45) is 0.819. The summed E-state index contributed by atoms with van der Waals surface area (Å²) < 4.78 is 13.2. The van der Waals surface area contributed by atoms with Crippen LogP contribution >= 0.6 is 0 Å². The van der Waals surface area contributed by atoms with Gasteiger partial charge < -0.3 is 15.1 Å². The average molecular weight is 412 g/mol. The molecule has 1 atom stereocenters. The van der Waals surface area contributed by atoms with Gasteiger partial charge in [-0.2, -0.15) is 0 Å². The molecule has 0 bridgehead atoms. The van der Waals surface area contributed by atoms with Gasteiger partial charge in [0.25, 0.3) is 5.91 Å². The van der Waals surface area contributed by atoms with E-state index in [2.05, 4.69) is 10.2 Å². The second kappa shape index (κ2) is 9.74. The largest absolute Gasteiger partial charge is 0.370 e. The van der Waals surface area contributed by atoms with E-state index in [0.29, 0.717) is 25.2 Å². The first-order valence-electron chi connectivity index (χ1n) is 10.5. The maximum atomic E-state index is 13.3. The van der Waals surface area contributed by atoms with Gasteiger partial charge in [0.1, 0.15) is 11.9 Å². The second-order valence-electron chi connectivity index (χ2n) is 8.21. The fourth-order valence-electron chi connectivity index (χ4n) is 3.77. The predicted molar refractivity (Wildman–Crippen MR) is 117 cm³/mol. The molecular formula is C24H30FN3O2. The first-order chi connectivity index (χ1) is 14.3. The van der Waals surface area contributed by atoms with Crippen LogP contribution in [0.1, 0.15) is 36.2 Å². The Labute approximate surface area is 177 Å². The van der Waals surface area contributed by atoms with Crippen LogP contribution in [0.5, 0.6) is 0 Å². The standard InChI is InChI=1S/C24H30FN3O2/c1-17(2)22(26-23(29)19-7-4-6-18(3)16-19)24(30)28-13-5-12-27(14-15-28)21-10-8-20(25)9-11-21/h4,6-11,16-17,22H,5,12-15H2,1-3H3,(H,26,29). The molecule has 1 unspecified atom stereocenters. The third-order valence-electron chi connectivity index (χ3n) is 5.50. The number of halogens is 1. The van der Waals surface area contributed by atoms with Crippen molar-refractivity contribution in [1.29, 1.82) is 0 Å². The fraction of sp³-hybridized carbons (Fsp3) is 0.417. The summed E-state index contributed by atoms with van der Waals surface area (Å²) in [5, 5.41) is 2.94. The summed E-state index contributed by atoms with van der Waals surface area (Å²) in [6.45, 7) is 8.51. The molecule has 0 aliphatic carbocycles. The Morgan fingerprint density at radius 3 is 2.40 bits per heavy atom. The van der Waals surface area contributed by atoms with Crippen LogP contribution in [0.3, 0.4) is 0 Å². The van der Waals surface area contributed by atoms with Gasteiger partial charge in [0, 0.05) is 37.4 Å². The zero-order chi connectivity index (χ0) is 21.7. The molecule has 1 heterocycles. The Kier molecular flexibility index (Phi) is 7.08. The molecule has 1 fully saturated rings. The number of nitrogens with one attached hydrogen (secondary N) is 1. The quantitative estimate of drug-likeness (QED) is 0.818. The molecule has 0 spiro atoms. The zero-order valence-corrected chi connectivity index (χ0v) is 17.9. The van der Waals surface area contributed by atoms with E-state index in [1.165, 1.54) is 12.1 Å². The van der Waals surface area contributed by atoms with Gasteiger partial charge in [-0.1, -0.05) is 31.5 Å². The molecule has 0 aromatic heterocycles.